The topological polar surface area (TPSA) is 47.0 Å². The Morgan fingerprint density at radius 3 is 2.48 bits per heavy atom. The predicted molar refractivity (Wildman–Crippen MR) is 86.8 cm³/mol. The summed E-state index contributed by atoms with van der Waals surface area (Å²) in [4.78, 5) is 8.78. The number of hydrogen-bond donors (Lipinski definition) is 1. The fraction of sp³-hybridized carbons (Fsp3) is 0.765. The zero-order valence-corrected chi connectivity index (χ0v) is 13.9. The molecule has 4 nitrogen and oxygen atoms in total. The van der Waals surface area contributed by atoms with Gasteiger partial charge in [0.25, 0.3) is 0 Å². The van der Waals surface area contributed by atoms with Gasteiger partial charge in [-0.05, 0) is 44.4 Å². The molecule has 1 aromatic rings. The molecule has 2 unspecified atom stereocenters. The minimum atomic E-state index is 0.295. The van der Waals surface area contributed by atoms with Crippen LogP contribution in [-0.2, 0) is 6.42 Å². The SMILES string of the molecule is CCCc1c(NCC)ncnc1OC1CC(C)CC(C)C1. The van der Waals surface area contributed by atoms with Gasteiger partial charge in [-0.15, -0.1) is 0 Å². The third-order valence-corrected chi connectivity index (χ3v) is 4.16. The van der Waals surface area contributed by atoms with Gasteiger partial charge in [0, 0.05) is 6.54 Å². The van der Waals surface area contributed by atoms with Crippen LogP contribution in [0, 0.1) is 11.8 Å². The lowest BCUT2D eigenvalue weighted by atomic mass is 9.82. The molecule has 1 aliphatic carbocycles. The van der Waals surface area contributed by atoms with E-state index in [1.54, 1.807) is 6.33 Å². The van der Waals surface area contributed by atoms with Crippen LogP contribution < -0.4 is 10.1 Å². The largest absolute Gasteiger partial charge is 0.474 e. The molecule has 0 bridgehead atoms. The average Bonchev–Trinajstić information content (AvgIpc) is 2.41. The average molecular weight is 291 g/mol. The van der Waals surface area contributed by atoms with Crippen LogP contribution in [0.5, 0.6) is 5.88 Å². The Balaban J connectivity index is 2.16. The number of hydrogen-bond acceptors (Lipinski definition) is 4. The minimum absolute atomic E-state index is 0.295. The van der Waals surface area contributed by atoms with Gasteiger partial charge >= 0.3 is 0 Å². The van der Waals surface area contributed by atoms with Crippen molar-refractivity contribution in [3.63, 3.8) is 0 Å². The Morgan fingerprint density at radius 2 is 1.86 bits per heavy atom. The monoisotopic (exact) mass is 291 g/mol. The van der Waals surface area contributed by atoms with E-state index in [0.29, 0.717) is 6.10 Å². The number of anilines is 1. The van der Waals surface area contributed by atoms with E-state index in [-0.39, 0.29) is 0 Å². The third kappa shape index (κ3) is 4.32. The Bertz CT molecular complexity index is 440. The summed E-state index contributed by atoms with van der Waals surface area (Å²) in [5.41, 5.74) is 1.13. The van der Waals surface area contributed by atoms with Crippen molar-refractivity contribution >= 4 is 5.82 Å². The molecule has 2 atom stereocenters. The maximum absolute atomic E-state index is 6.28. The van der Waals surface area contributed by atoms with Crippen molar-refractivity contribution in [1.82, 2.24) is 9.97 Å². The van der Waals surface area contributed by atoms with Crippen LogP contribution in [0.4, 0.5) is 5.82 Å². The normalized spacial score (nSPS) is 25.6. The highest BCUT2D eigenvalue weighted by molar-refractivity contribution is 5.48. The van der Waals surface area contributed by atoms with Gasteiger partial charge in [-0.3, -0.25) is 0 Å². The van der Waals surface area contributed by atoms with Crippen molar-refractivity contribution in [3.8, 4) is 5.88 Å². The van der Waals surface area contributed by atoms with Gasteiger partial charge in [-0.25, -0.2) is 9.97 Å². The Hall–Kier alpha value is -1.32. The van der Waals surface area contributed by atoms with E-state index in [1.807, 2.05) is 0 Å². The molecule has 4 heteroatoms. The molecule has 0 aromatic carbocycles. The molecule has 1 aromatic heterocycles. The van der Waals surface area contributed by atoms with Crippen LogP contribution >= 0.6 is 0 Å². The molecule has 0 aliphatic heterocycles. The number of nitrogens with zero attached hydrogens (tertiary/aromatic N) is 2. The van der Waals surface area contributed by atoms with Gasteiger partial charge in [0.1, 0.15) is 18.2 Å². The fourth-order valence-corrected chi connectivity index (χ4v) is 3.42. The van der Waals surface area contributed by atoms with Gasteiger partial charge in [-0.1, -0.05) is 27.2 Å². The number of rotatable bonds is 6. The summed E-state index contributed by atoms with van der Waals surface area (Å²) in [6.45, 7) is 9.77. The highest BCUT2D eigenvalue weighted by Gasteiger charge is 2.26. The summed E-state index contributed by atoms with van der Waals surface area (Å²) in [5, 5.41) is 3.33. The van der Waals surface area contributed by atoms with Crippen molar-refractivity contribution in [2.24, 2.45) is 11.8 Å². The van der Waals surface area contributed by atoms with E-state index >= 15 is 0 Å². The molecule has 1 heterocycles. The quantitative estimate of drug-likeness (QED) is 0.858. The summed E-state index contributed by atoms with van der Waals surface area (Å²) in [7, 11) is 0. The first kappa shape index (κ1) is 16.1. The Morgan fingerprint density at radius 1 is 1.14 bits per heavy atom. The maximum atomic E-state index is 6.28. The molecule has 1 N–H and O–H groups in total. The maximum Gasteiger partial charge on any atom is 0.222 e. The lowest BCUT2D eigenvalue weighted by Gasteiger charge is -2.31. The molecule has 0 spiro atoms. The predicted octanol–water partition coefficient (Wildman–Crippen LogP) is 4.06. The molecule has 0 radical (unpaired) electrons. The van der Waals surface area contributed by atoms with Crippen LogP contribution in [0.3, 0.4) is 0 Å². The molecule has 1 fully saturated rings. The zero-order chi connectivity index (χ0) is 15.2. The second-order valence-electron chi connectivity index (χ2n) is 6.44. The Labute approximate surface area is 128 Å². The molecule has 21 heavy (non-hydrogen) atoms. The van der Waals surface area contributed by atoms with E-state index in [2.05, 4.69) is 43.0 Å². The van der Waals surface area contributed by atoms with Gasteiger partial charge in [0.05, 0.1) is 5.56 Å². The third-order valence-electron chi connectivity index (χ3n) is 4.16. The van der Waals surface area contributed by atoms with Gasteiger partial charge in [0.15, 0.2) is 0 Å². The fourth-order valence-electron chi connectivity index (χ4n) is 3.42. The van der Waals surface area contributed by atoms with Crippen molar-refractivity contribution in [2.45, 2.75) is 65.9 Å². The summed E-state index contributed by atoms with van der Waals surface area (Å²) in [6.07, 6.45) is 7.52. The summed E-state index contributed by atoms with van der Waals surface area (Å²) < 4.78 is 6.28. The van der Waals surface area contributed by atoms with E-state index in [4.69, 9.17) is 4.74 Å². The van der Waals surface area contributed by atoms with E-state index < -0.39 is 0 Å². The molecule has 0 amide bonds. The molecule has 118 valence electrons. The van der Waals surface area contributed by atoms with E-state index in [1.165, 1.54) is 6.42 Å². The van der Waals surface area contributed by atoms with Gasteiger partial charge in [-0.2, -0.15) is 0 Å². The van der Waals surface area contributed by atoms with Crippen LogP contribution in [0.25, 0.3) is 0 Å². The lowest BCUT2D eigenvalue weighted by molar-refractivity contribution is 0.0956. The molecule has 1 saturated carbocycles. The van der Waals surface area contributed by atoms with Crippen LogP contribution in [-0.4, -0.2) is 22.6 Å². The van der Waals surface area contributed by atoms with Crippen molar-refractivity contribution < 1.29 is 4.74 Å². The molecule has 2 rings (SSSR count). The lowest BCUT2D eigenvalue weighted by Crippen LogP contribution is -2.29. The molecule has 1 aliphatic rings. The van der Waals surface area contributed by atoms with Gasteiger partial charge < -0.3 is 10.1 Å². The highest BCUT2D eigenvalue weighted by Crippen LogP contribution is 2.33. The number of aromatic nitrogens is 2. The number of nitrogens with one attached hydrogen (secondary N) is 1. The van der Waals surface area contributed by atoms with Crippen LogP contribution in [0.1, 0.15) is 58.9 Å². The van der Waals surface area contributed by atoms with Crippen molar-refractivity contribution in [1.29, 1.82) is 0 Å². The summed E-state index contributed by atoms with van der Waals surface area (Å²) in [6, 6.07) is 0. The van der Waals surface area contributed by atoms with Crippen molar-refractivity contribution in [2.75, 3.05) is 11.9 Å². The highest BCUT2D eigenvalue weighted by atomic mass is 16.5. The zero-order valence-electron chi connectivity index (χ0n) is 13.9. The number of ether oxygens (including phenoxy) is 1. The standard InChI is InChI=1S/C17H29N3O/c1-5-7-15-16(18-6-2)19-11-20-17(15)21-14-9-12(3)8-13(4)10-14/h11-14H,5-10H2,1-4H3,(H,18,19,20). The molecular formula is C17H29N3O. The Kier molecular flexibility index (Phi) is 5.83. The second kappa shape index (κ2) is 7.62. The molecular weight excluding hydrogens is 262 g/mol. The smallest absolute Gasteiger partial charge is 0.222 e. The summed E-state index contributed by atoms with van der Waals surface area (Å²) in [5.74, 6) is 3.20. The van der Waals surface area contributed by atoms with Gasteiger partial charge in [0.2, 0.25) is 5.88 Å². The summed E-state index contributed by atoms with van der Waals surface area (Å²) >= 11 is 0. The minimum Gasteiger partial charge on any atom is -0.474 e. The van der Waals surface area contributed by atoms with Crippen molar-refractivity contribution in [3.05, 3.63) is 11.9 Å². The first-order chi connectivity index (χ1) is 10.1. The van der Waals surface area contributed by atoms with Crippen LogP contribution in [0.15, 0.2) is 6.33 Å². The van der Waals surface area contributed by atoms with E-state index in [0.717, 1.165) is 61.3 Å². The van der Waals surface area contributed by atoms with Crippen LogP contribution in [0.2, 0.25) is 0 Å². The first-order valence-corrected chi connectivity index (χ1v) is 8.38. The second-order valence-corrected chi connectivity index (χ2v) is 6.44. The molecule has 0 saturated heterocycles. The first-order valence-electron chi connectivity index (χ1n) is 8.38. The van der Waals surface area contributed by atoms with E-state index in [9.17, 15) is 0 Å².